The number of hydrogen-bond acceptors (Lipinski definition) is 3. The van der Waals surface area contributed by atoms with Crippen LogP contribution in [-0.4, -0.2) is 43.8 Å². The Labute approximate surface area is 154 Å². The van der Waals surface area contributed by atoms with E-state index in [4.69, 9.17) is 0 Å². The van der Waals surface area contributed by atoms with Gasteiger partial charge in [0.25, 0.3) is 5.91 Å². The summed E-state index contributed by atoms with van der Waals surface area (Å²) in [6.07, 6.45) is 6.92. The van der Waals surface area contributed by atoms with Gasteiger partial charge in [0.05, 0.1) is 17.4 Å². The van der Waals surface area contributed by atoms with E-state index in [0.717, 1.165) is 23.9 Å². The summed E-state index contributed by atoms with van der Waals surface area (Å²) in [6, 6.07) is 7.24. The zero-order valence-corrected chi connectivity index (χ0v) is 14.6. The second-order valence-electron chi connectivity index (χ2n) is 6.94. The van der Waals surface area contributed by atoms with Gasteiger partial charge in [-0.15, -0.1) is 0 Å². The van der Waals surface area contributed by atoms with Crippen LogP contribution in [0, 0.1) is 5.82 Å². The molecular weight excluding hydrogens is 345 g/mol. The van der Waals surface area contributed by atoms with Crippen molar-refractivity contribution in [2.45, 2.75) is 18.8 Å². The van der Waals surface area contributed by atoms with Crippen LogP contribution >= 0.6 is 0 Å². The van der Waals surface area contributed by atoms with E-state index in [1.165, 1.54) is 18.0 Å². The van der Waals surface area contributed by atoms with Gasteiger partial charge in [-0.3, -0.25) is 4.79 Å². The second-order valence-corrected chi connectivity index (χ2v) is 6.94. The van der Waals surface area contributed by atoms with Crippen molar-refractivity contribution < 1.29 is 9.18 Å². The van der Waals surface area contributed by atoms with E-state index in [2.05, 4.69) is 26.0 Å². The molecule has 4 aromatic rings. The SMILES string of the molecule is O=C(c1ccc2[nH]cnc2c1F)N1CCC(c2c[nH]c3ncccc23)CC1. The molecule has 1 aliphatic rings. The zero-order chi connectivity index (χ0) is 18.4. The summed E-state index contributed by atoms with van der Waals surface area (Å²) in [5, 5.41) is 1.14. The standard InChI is InChI=1S/C20H18FN5O/c21-17-14(3-4-16-18(17)25-11-24-16)20(27)26-8-5-12(6-9-26)15-10-23-19-13(15)2-1-7-22-19/h1-4,7,10-12H,5-6,8-9H2,(H,22,23)(H,24,25). The average Bonchev–Trinajstić information content (AvgIpc) is 3.35. The number of H-pyrrole nitrogens is 2. The first-order chi connectivity index (χ1) is 13.2. The number of aromatic nitrogens is 4. The number of carbonyl (C=O) groups is 1. The number of nitrogens with zero attached hydrogens (tertiary/aromatic N) is 3. The highest BCUT2D eigenvalue weighted by Gasteiger charge is 2.28. The molecule has 0 atom stereocenters. The van der Waals surface area contributed by atoms with Gasteiger partial charge in [-0.1, -0.05) is 0 Å². The maximum absolute atomic E-state index is 14.6. The number of amides is 1. The number of piperidine rings is 1. The van der Waals surface area contributed by atoms with E-state index in [-0.39, 0.29) is 17.0 Å². The molecule has 6 nitrogen and oxygen atoms in total. The van der Waals surface area contributed by atoms with Gasteiger partial charge in [0, 0.05) is 30.9 Å². The summed E-state index contributed by atoms with van der Waals surface area (Å²) in [7, 11) is 0. The third-order valence-corrected chi connectivity index (χ3v) is 5.47. The fourth-order valence-electron chi connectivity index (χ4n) is 4.02. The van der Waals surface area contributed by atoms with E-state index < -0.39 is 5.82 Å². The predicted molar refractivity (Wildman–Crippen MR) is 100 cm³/mol. The lowest BCUT2D eigenvalue weighted by Crippen LogP contribution is -2.38. The molecule has 7 heteroatoms. The molecule has 4 heterocycles. The zero-order valence-electron chi connectivity index (χ0n) is 14.6. The van der Waals surface area contributed by atoms with Crippen LogP contribution in [0.3, 0.4) is 0 Å². The van der Waals surface area contributed by atoms with Crippen LogP contribution in [0.2, 0.25) is 0 Å². The molecule has 0 radical (unpaired) electrons. The fourth-order valence-corrected chi connectivity index (χ4v) is 4.02. The number of carbonyl (C=O) groups excluding carboxylic acids is 1. The van der Waals surface area contributed by atoms with Gasteiger partial charge in [-0.25, -0.2) is 14.4 Å². The number of aromatic amines is 2. The summed E-state index contributed by atoms with van der Waals surface area (Å²) in [5.74, 6) is -0.453. The molecule has 2 N–H and O–H groups in total. The van der Waals surface area contributed by atoms with Crippen molar-refractivity contribution >= 4 is 28.0 Å². The summed E-state index contributed by atoms with van der Waals surface area (Å²) in [6.45, 7) is 1.21. The minimum atomic E-state index is -0.552. The smallest absolute Gasteiger partial charge is 0.256 e. The molecule has 27 heavy (non-hydrogen) atoms. The number of rotatable bonds is 2. The van der Waals surface area contributed by atoms with Crippen LogP contribution in [0.4, 0.5) is 4.39 Å². The van der Waals surface area contributed by atoms with E-state index in [0.29, 0.717) is 24.5 Å². The van der Waals surface area contributed by atoms with Crippen molar-refractivity contribution in [2.75, 3.05) is 13.1 Å². The minimum absolute atomic E-state index is 0.0874. The highest BCUT2D eigenvalue weighted by molar-refractivity contribution is 5.98. The molecule has 1 amide bonds. The van der Waals surface area contributed by atoms with E-state index in [1.807, 2.05) is 12.3 Å². The summed E-state index contributed by atoms with van der Waals surface area (Å²) >= 11 is 0. The molecule has 0 unspecified atom stereocenters. The molecule has 0 spiro atoms. The largest absolute Gasteiger partial charge is 0.346 e. The quantitative estimate of drug-likeness (QED) is 0.571. The number of hydrogen-bond donors (Lipinski definition) is 2. The number of imidazole rings is 1. The van der Waals surface area contributed by atoms with Crippen molar-refractivity contribution in [2.24, 2.45) is 0 Å². The van der Waals surface area contributed by atoms with Crippen molar-refractivity contribution in [3.05, 3.63) is 59.9 Å². The van der Waals surface area contributed by atoms with Gasteiger partial charge in [0.2, 0.25) is 0 Å². The fraction of sp³-hybridized carbons (Fsp3) is 0.250. The lowest BCUT2D eigenvalue weighted by molar-refractivity contribution is 0.0709. The highest BCUT2D eigenvalue weighted by Crippen LogP contribution is 2.33. The van der Waals surface area contributed by atoms with Gasteiger partial charge in [-0.2, -0.15) is 0 Å². The van der Waals surface area contributed by atoms with Crippen LogP contribution in [0.25, 0.3) is 22.1 Å². The normalized spacial score (nSPS) is 15.7. The van der Waals surface area contributed by atoms with Crippen LogP contribution in [0.1, 0.15) is 34.7 Å². The molecule has 5 rings (SSSR count). The number of likely N-dealkylation sites (tertiary alicyclic amines) is 1. The molecule has 1 fully saturated rings. The Hall–Kier alpha value is -3.22. The van der Waals surface area contributed by atoms with Gasteiger partial charge in [0.15, 0.2) is 5.82 Å². The lowest BCUT2D eigenvalue weighted by Gasteiger charge is -2.32. The Morgan fingerprint density at radius 3 is 2.85 bits per heavy atom. The van der Waals surface area contributed by atoms with E-state index >= 15 is 0 Å². The maximum Gasteiger partial charge on any atom is 0.256 e. The summed E-state index contributed by atoms with van der Waals surface area (Å²) in [4.78, 5) is 28.9. The van der Waals surface area contributed by atoms with Crippen molar-refractivity contribution in [1.82, 2.24) is 24.8 Å². The molecule has 136 valence electrons. The van der Waals surface area contributed by atoms with Gasteiger partial charge in [0.1, 0.15) is 11.2 Å². The number of benzene rings is 1. The Balaban J connectivity index is 1.35. The molecule has 0 bridgehead atoms. The first kappa shape index (κ1) is 16.0. The molecule has 3 aromatic heterocycles. The second kappa shape index (κ2) is 6.19. The van der Waals surface area contributed by atoms with Crippen molar-refractivity contribution in [1.29, 1.82) is 0 Å². The Kier molecular flexibility index (Phi) is 3.67. The Morgan fingerprint density at radius 2 is 2.00 bits per heavy atom. The third kappa shape index (κ3) is 2.58. The molecular formula is C20H18FN5O. The number of pyridine rings is 1. The topological polar surface area (TPSA) is 77.7 Å². The molecule has 1 saturated heterocycles. The molecule has 0 saturated carbocycles. The number of fused-ring (bicyclic) bond motifs is 2. The van der Waals surface area contributed by atoms with Crippen LogP contribution in [-0.2, 0) is 0 Å². The lowest BCUT2D eigenvalue weighted by atomic mass is 9.89. The van der Waals surface area contributed by atoms with Crippen molar-refractivity contribution in [3.63, 3.8) is 0 Å². The maximum atomic E-state index is 14.6. The summed E-state index contributed by atoms with van der Waals surface area (Å²) < 4.78 is 14.6. The van der Waals surface area contributed by atoms with Gasteiger partial charge >= 0.3 is 0 Å². The first-order valence-electron chi connectivity index (χ1n) is 9.05. The average molecular weight is 363 g/mol. The monoisotopic (exact) mass is 363 g/mol. The van der Waals surface area contributed by atoms with E-state index in [1.54, 1.807) is 17.2 Å². The summed E-state index contributed by atoms with van der Waals surface area (Å²) in [5.41, 5.74) is 3.02. The minimum Gasteiger partial charge on any atom is -0.346 e. The molecule has 1 aliphatic heterocycles. The first-order valence-corrected chi connectivity index (χ1v) is 9.05. The highest BCUT2D eigenvalue weighted by atomic mass is 19.1. The molecule has 0 aliphatic carbocycles. The number of nitrogens with one attached hydrogen (secondary N) is 2. The van der Waals surface area contributed by atoms with Crippen molar-refractivity contribution in [3.8, 4) is 0 Å². The predicted octanol–water partition coefficient (Wildman–Crippen LogP) is 3.60. The van der Waals surface area contributed by atoms with Crippen LogP contribution in [0.15, 0.2) is 43.0 Å². The number of halogens is 1. The van der Waals surface area contributed by atoms with Gasteiger partial charge < -0.3 is 14.9 Å². The van der Waals surface area contributed by atoms with Crippen LogP contribution in [0.5, 0.6) is 0 Å². The third-order valence-electron chi connectivity index (χ3n) is 5.47. The van der Waals surface area contributed by atoms with E-state index in [9.17, 15) is 9.18 Å². The Bertz CT molecular complexity index is 1140. The molecule has 1 aromatic carbocycles. The Morgan fingerprint density at radius 1 is 1.15 bits per heavy atom. The van der Waals surface area contributed by atoms with Crippen LogP contribution < -0.4 is 0 Å². The van der Waals surface area contributed by atoms with Gasteiger partial charge in [-0.05, 0) is 48.6 Å².